The Morgan fingerprint density at radius 2 is 1.81 bits per heavy atom. The molecule has 2 aromatic heterocycles. The van der Waals surface area contributed by atoms with Crippen molar-refractivity contribution in [3.8, 4) is 23.0 Å². The van der Waals surface area contributed by atoms with E-state index in [1.54, 1.807) is 54.6 Å². The molecule has 0 unspecified atom stereocenters. The minimum atomic E-state index is -0.325. The van der Waals surface area contributed by atoms with Crippen molar-refractivity contribution >= 4 is 23.2 Å². The molecule has 0 aliphatic rings. The first-order valence-corrected chi connectivity index (χ1v) is 8.13. The zero-order valence-electron chi connectivity index (χ0n) is 13.3. The molecule has 4 aromatic rings. The molecule has 0 aliphatic carbocycles. The van der Waals surface area contributed by atoms with E-state index >= 15 is 0 Å². The van der Waals surface area contributed by atoms with E-state index in [0.29, 0.717) is 33.4 Å². The Balaban J connectivity index is 1.65. The molecule has 7 heteroatoms. The third kappa shape index (κ3) is 3.10. The highest BCUT2D eigenvalue weighted by Gasteiger charge is 2.17. The van der Waals surface area contributed by atoms with Gasteiger partial charge in [0.2, 0.25) is 5.82 Å². The van der Waals surface area contributed by atoms with Crippen molar-refractivity contribution in [2.24, 2.45) is 0 Å². The zero-order chi connectivity index (χ0) is 17.9. The maximum absolute atomic E-state index is 12.5. The second kappa shape index (κ2) is 6.85. The third-order valence-corrected chi connectivity index (χ3v) is 4.02. The van der Waals surface area contributed by atoms with Gasteiger partial charge in [-0.15, -0.1) is 0 Å². The summed E-state index contributed by atoms with van der Waals surface area (Å²) in [7, 11) is 0. The fourth-order valence-electron chi connectivity index (χ4n) is 2.45. The molecule has 2 aromatic carbocycles. The second-order valence-electron chi connectivity index (χ2n) is 5.38. The Morgan fingerprint density at radius 1 is 1.00 bits per heavy atom. The topological polar surface area (TPSA) is 81.2 Å². The number of anilines is 1. The molecular weight excluding hydrogens is 354 g/mol. The van der Waals surface area contributed by atoms with Crippen LogP contribution in [0.5, 0.6) is 0 Å². The standard InChI is InChI=1S/C19H12ClN3O3/c20-14-8-3-1-6-12(14)18(24)21-15-9-4-2-7-13(15)19-22-17(23-26-19)16-10-5-11-25-16/h1-11H,(H,21,24). The lowest BCUT2D eigenvalue weighted by Gasteiger charge is -2.09. The van der Waals surface area contributed by atoms with Crippen LogP contribution in [-0.4, -0.2) is 16.0 Å². The molecule has 0 aliphatic heterocycles. The summed E-state index contributed by atoms with van der Waals surface area (Å²) < 4.78 is 10.6. The van der Waals surface area contributed by atoms with E-state index < -0.39 is 0 Å². The number of rotatable bonds is 4. The average Bonchev–Trinajstić information content (AvgIpc) is 3.34. The Labute approximate surface area is 153 Å². The fraction of sp³-hybridized carbons (Fsp3) is 0. The van der Waals surface area contributed by atoms with E-state index in [-0.39, 0.29) is 11.8 Å². The first-order valence-electron chi connectivity index (χ1n) is 7.75. The number of carbonyl (C=O) groups excluding carboxylic acids is 1. The van der Waals surface area contributed by atoms with E-state index in [1.165, 1.54) is 6.26 Å². The van der Waals surface area contributed by atoms with Crippen LogP contribution in [0.4, 0.5) is 5.69 Å². The van der Waals surface area contributed by atoms with Gasteiger partial charge in [0.05, 0.1) is 28.1 Å². The predicted octanol–water partition coefficient (Wildman–Crippen LogP) is 4.90. The predicted molar refractivity (Wildman–Crippen MR) is 96.8 cm³/mol. The molecule has 1 amide bonds. The molecule has 0 fully saturated rings. The minimum Gasteiger partial charge on any atom is -0.461 e. The SMILES string of the molecule is O=C(Nc1ccccc1-c1nc(-c2ccco2)no1)c1ccccc1Cl. The summed E-state index contributed by atoms with van der Waals surface area (Å²) in [5, 5.41) is 7.12. The molecular formula is C19H12ClN3O3. The highest BCUT2D eigenvalue weighted by atomic mass is 35.5. The summed E-state index contributed by atoms with van der Waals surface area (Å²) in [6, 6.07) is 17.5. The van der Waals surface area contributed by atoms with Crippen LogP contribution in [0.1, 0.15) is 10.4 Å². The van der Waals surface area contributed by atoms with E-state index in [2.05, 4.69) is 15.5 Å². The smallest absolute Gasteiger partial charge is 0.260 e. The van der Waals surface area contributed by atoms with E-state index in [4.69, 9.17) is 20.5 Å². The van der Waals surface area contributed by atoms with Gasteiger partial charge in [-0.1, -0.05) is 41.0 Å². The monoisotopic (exact) mass is 365 g/mol. The summed E-state index contributed by atoms with van der Waals surface area (Å²) in [6.07, 6.45) is 1.53. The normalized spacial score (nSPS) is 10.7. The number of nitrogens with zero attached hydrogens (tertiary/aromatic N) is 2. The number of carbonyl (C=O) groups is 1. The quantitative estimate of drug-likeness (QED) is 0.556. The summed E-state index contributed by atoms with van der Waals surface area (Å²) >= 11 is 6.09. The molecule has 0 bridgehead atoms. The molecule has 0 atom stereocenters. The first kappa shape index (κ1) is 16.1. The number of halogens is 1. The minimum absolute atomic E-state index is 0.270. The van der Waals surface area contributed by atoms with Gasteiger partial charge in [-0.25, -0.2) is 0 Å². The highest BCUT2D eigenvalue weighted by molar-refractivity contribution is 6.34. The van der Waals surface area contributed by atoms with Gasteiger partial charge < -0.3 is 14.3 Å². The van der Waals surface area contributed by atoms with Gasteiger partial charge in [0.25, 0.3) is 11.8 Å². The maximum atomic E-state index is 12.5. The average molecular weight is 366 g/mol. The lowest BCUT2D eigenvalue weighted by Crippen LogP contribution is -2.13. The second-order valence-corrected chi connectivity index (χ2v) is 5.79. The van der Waals surface area contributed by atoms with Crippen molar-refractivity contribution in [2.45, 2.75) is 0 Å². The van der Waals surface area contributed by atoms with Crippen LogP contribution in [0.3, 0.4) is 0 Å². The van der Waals surface area contributed by atoms with E-state index in [9.17, 15) is 4.79 Å². The molecule has 1 N–H and O–H groups in total. The van der Waals surface area contributed by atoms with Crippen LogP contribution >= 0.6 is 11.6 Å². The fourth-order valence-corrected chi connectivity index (χ4v) is 2.67. The molecule has 0 saturated carbocycles. The number of furan rings is 1. The molecule has 6 nitrogen and oxygen atoms in total. The van der Waals surface area contributed by atoms with Crippen molar-refractivity contribution < 1.29 is 13.7 Å². The van der Waals surface area contributed by atoms with Crippen LogP contribution in [0.15, 0.2) is 75.9 Å². The van der Waals surface area contributed by atoms with Gasteiger partial charge in [0.15, 0.2) is 5.76 Å². The molecule has 128 valence electrons. The van der Waals surface area contributed by atoms with Gasteiger partial charge in [0, 0.05) is 0 Å². The Bertz CT molecular complexity index is 1060. The summed E-state index contributed by atoms with van der Waals surface area (Å²) in [6.45, 7) is 0. The maximum Gasteiger partial charge on any atom is 0.260 e. The lowest BCUT2D eigenvalue weighted by molar-refractivity contribution is 0.102. The molecule has 26 heavy (non-hydrogen) atoms. The van der Waals surface area contributed by atoms with Gasteiger partial charge in [-0.2, -0.15) is 4.98 Å². The van der Waals surface area contributed by atoms with Crippen molar-refractivity contribution in [2.75, 3.05) is 5.32 Å². The number of aromatic nitrogens is 2. The largest absolute Gasteiger partial charge is 0.461 e. The number of hydrogen-bond acceptors (Lipinski definition) is 5. The van der Waals surface area contributed by atoms with Crippen LogP contribution in [0.2, 0.25) is 5.02 Å². The van der Waals surface area contributed by atoms with Gasteiger partial charge >= 0.3 is 0 Å². The van der Waals surface area contributed by atoms with Crippen LogP contribution in [-0.2, 0) is 0 Å². The Hall–Kier alpha value is -3.38. The molecule has 0 spiro atoms. The summed E-state index contributed by atoms with van der Waals surface area (Å²) in [5.41, 5.74) is 1.51. The van der Waals surface area contributed by atoms with Gasteiger partial charge in [-0.3, -0.25) is 4.79 Å². The summed E-state index contributed by atoms with van der Waals surface area (Å²) in [4.78, 5) is 16.9. The summed E-state index contributed by atoms with van der Waals surface area (Å²) in [5.74, 6) is 0.773. The van der Waals surface area contributed by atoms with E-state index in [0.717, 1.165) is 0 Å². The van der Waals surface area contributed by atoms with Crippen molar-refractivity contribution in [3.05, 3.63) is 77.5 Å². The number of nitrogens with one attached hydrogen (secondary N) is 1. The van der Waals surface area contributed by atoms with Crippen molar-refractivity contribution in [3.63, 3.8) is 0 Å². The van der Waals surface area contributed by atoms with Gasteiger partial charge in [-0.05, 0) is 36.4 Å². The van der Waals surface area contributed by atoms with Crippen LogP contribution in [0, 0.1) is 0 Å². The zero-order valence-corrected chi connectivity index (χ0v) is 14.1. The van der Waals surface area contributed by atoms with E-state index in [1.807, 2.05) is 6.07 Å². The Kier molecular flexibility index (Phi) is 4.25. The van der Waals surface area contributed by atoms with Crippen molar-refractivity contribution in [1.29, 1.82) is 0 Å². The van der Waals surface area contributed by atoms with Gasteiger partial charge in [0.1, 0.15) is 0 Å². The molecule has 4 rings (SSSR count). The van der Waals surface area contributed by atoms with Crippen molar-refractivity contribution in [1.82, 2.24) is 10.1 Å². The molecule has 0 saturated heterocycles. The Morgan fingerprint density at radius 3 is 2.62 bits per heavy atom. The number of amides is 1. The molecule has 0 radical (unpaired) electrons. The third-order valence-electron chi connectivity index (χ3n) is 3.69. The first-order chi connectivity index (χ1) is 12.7. The van der Waals surface area contributed by atoms with Crippen LogP contribution in [0.25, 0.3) is 23.0 Å². The number of benzene rings is 2. The molecule has 2 heterocycles. The number of para-hydroxylation sites is 1. The number of hydrogen-bond donors (Lipinski definition) is 1. The lowest BCUT2D eigenvalue weighted by atomic mass is 10.1. The highest BCUT2D eigenvalue weighted by Crippen LogP contribution is 2.29. The van der Waals surface area contributed by atoms with Crippen LogP contribution < -0.4 is 5.32 Å².